The standard InChI is InChI=1S/C28H34N4O3/c1-30(2)22-12-8-19(9-13-22)18-21-6-5-7-24-27(21)29-32(25(33)16-17-26(34)35)28(24)20-10-14-23(15-11-20)31(3)4/h8-15,18,24,28H,5-7,16-17H2,1-4H3,(H,34,35)/b21-18+/t24-,28+/m1/s1. The molecule has 0 bridgehead atoms. The number of benzene rings is 2. The van der Waals surface area contributed by atoms with Crippen LogP contribution in [-0.2, 0) is 9.59 Å². The van der Waals surface area contributed by atoms with Crippen LogP contribution in [0.4, 0.5) is 11.4 Å². The molecule has 0 saturated heterocycles. The third-order valence-electron chi connectivity index (χ3n) is 6.81. The van der Waals surface area contributed by atoms with Gasteiger partial charge in [0.1, 0.15) is 0 Å². The lowest BCUT2D eigenvalue weighted by molar-refractivity contribution is -0.141. The third-order valence-corrected chi connectivity index (χ3v) is 6.81. The van der Waals surface area contributed by atoms with Gasteiger partial charge in [-0.1, -0.05) is 24.3 Å². The Morgan fingerprint density at radius 1 is 0.971 bits per heavy atom. The summed E-state index contributed by atoms with van der Waals surface area (Å²) in [6, 6.07) is 16.4. The molecular weight excluding hydrogens is 440 g/mol. The molecule has 0 spiro atoms. The maximum absolute atomic E-state index is 13.1. The van der Waals surface area contributed by atoms with Gasteiger partial charge in [0.15, 0.2) is 0 Å². The molecule has 2 aromatic carbocycles. The van der Waals surface area contributed by atoms with Crippen LogP contribution in [-0.4, -0.2) is 55.9 Å². The molecule has 1 heterocycles. The van der Waals surface area contributed by atoms with Crippen LogP contribution in [0.2, 0.25) is 0 Å². The van der Waals surface area contributed by atoms with E-state index in [-0.39, 0.29) is 30.7 Å². The van der Waals surface area contributed by atoms with Gasteiger partial charge in [0, 0.05) is 51.9 Å². The van der Waals surface area contributed by atoms with E-state index < -0.39 is 5.97 Å². The lowest BCUT2D eigenvalue weighted by Crippen LogP contribution is -2.32. The molecule has 184 valence electrons. The highest BCUT2D eigenvalue weighted by atomic mass is 16.4. The van der Waals surface area contributed by atoms with Crippen LogP contribution in [0.1, 0.15) is 49.3 Å². The van der Waals surface area contributed by atoms with Crippen molar-refractivity contribution < 1.29 is 14.7 Å². The maximum Gasteiger partial charge on any atom is 0.303 e. The van der Waals surface area contributed by atoms with Crippen molar-refractivity contribution in [2.45, 2.75) is 38.1 Å². The fourth-order valence-electron chi connectivity index (χ4n) is 4.91. The van der Waals surface area contributed by atoms with Crippen molar-refractivity contribution in [2.75, 3.05) is 38.0 Å². The summed E-state index contributed by atoms with van der Waals surface area (Å²) in [5.74, 6) is -1.13. The maximum atomic E-state index is 13.1. The Hall–Kier alpha value is -3.61. The smallest absolute Gasteiger partial charge is 0.303 e. The van der Waals surface area contributed by atoms with Crippen LogP contribution in [0, 0.1) is 5.92 Å². The number of carbonyl (C=O) groups excluding carboxylic acids is 1. The van der Waals surface area contributed by atoms with Crippen LogP contribution >= 0.6 is 0 Å². The molecule has 1 aliphatic heterocycles. The molecule has 1 aliphatic carbocycles. The molecule has 0 unspecified atom stereocenters. The first-order valence-electron chi connectivity index (χ1n) is 12.1. The number of fused-ring (bicyclic) bond motifs is 1. The molecule has 7 nitrogen and oxygen atoms in total. The number of allylic oxidation sites excluding steroid dienone is 1. The molecule has 1 saturated carbocycles. The Morgan fingerprint density at radius 3 is 2.14 bits per heavy atom. The Kier molecular flexibility index (Phi) is 7.24. The van der Waals surface area contributed by atoms with Gasteiger partial charge in [-0.05, 0) is 66.3 Å². The van der Waals surface area contributed by atoms with Gasteiger partial charge in [-0.25, -0.2) is 5.01 Å². The minimum Gasteiger partial charge on any atom is -0.481 e. The lowest BCUT2D eigenvalue weighted by atomic mass is 9.77. The fourth-order valence-corrected chi connectivity index (χ4v) is 4.91. The van der Waals surface area contributed by atoms with Crippen molar-refractivity contribution in [3.8, 4) is 0 Å². The Bertz CT molecular complexity index is 1130. The number of hydrogen-bond acceptors (Lipinski definition) is 5. The first-order chi connectivity index (χ1) is 16.7. The molecule has 2 atom stereocenters. The van der Waals surface area contributed by atoms with E-state index in [2.05, 4.69) is 59.5 Å². The Labute approximate surface area is 207 Å². The van der Waals surface area contributed by atoms with Crippen LogP contribution in [0.15, 0.2) is 59.2 Å². The Balaban J connectivity index is 1.68. The summed E-state index contributed by atoms with van der Waals surface area (Å²) < 4.78 is 0. The zero-order valence-electron chi connectivity index (χ0n) is 20.9. The lowest BCUT2D eigenvalue weighted by Gasteiger charge is -2.30. The number of carboxylic acids is 1. The summed E-state index contributed by atoms with van der Waals surface area (Å²) >= 11 is 0. The molecular formula is C28H34N4O3. The summed E-state index contributed by atoms with van der Waals surface area (Å²) in [6.07, 6.45) is 4.80. The number of carboxylic acid groups (broad SMARTS) is 1. The van der Waals surface area contributed by atoms with Gasteiger partial charge >= 0.3 is 5.97 Å². The molecule has 2 aliphatic rings. The quantitative estimate of drug-likeness (QED) is 0.623. The van der Waals surface area contributed by atoms with Crippen molar-refractivity contribution in [3.63, 3.8) is 0 Å². The molecule has 2 aromatic rings. The third kappa shape index (κ3) is 5.39. The first-order valence-corrected chi connectivity index (χ1v) is 12.1. The van der Waals surface area contributed by atoms with Gasteiger partial charge < -0.3 is 14.9 Å². The van der Waals surface area contributed by atoms with Crippen LogP contribution in [0.25, 0.3) is 6.08 Å². The summed E-state index contributed by atoms with van der Waals surface area (Å²) in [7, 11) is 8.04. The zero-order valence-corrected chi connectivity index (χ0v) is 20.9. The molecule has 0 aromatic heterocycles. The number of hydrogen-bond donors (Lipinski definition) is 1. The number of aliphatic carboxylic acids is 1. The van der Waals surface area contributed by atoms with E-state index in [0.29, 0.717) is 0 Å². The summed E-state index contributed by atoms with van der Waals surface area (Å²) in [5.41, 5.74) is 6.47. The molecule has 4 rings (SSSR count). The first kappa shape index (κ1) is 24.5. The number of rotatable bonds is 7. The average molecular weight is 475 g/mol. The van der Waals surface area contributed by atoms with E-state index in [4.69, 9.17) is 10.2 Å². The van der Waals surface area contributed by atoms with Crippen molar-refractivity contribution >= 4 is 35.0 Å². The summed E-state index contributed by atoms with van der Waals surface area (Å²) in [5, 5.41) is 15.5. The van der Waals surface area contributed by atoms with Gasteiger partial charge in [-0.15, -0.1) is 0 Å². The highest BCUT2D eigenvalue weighted by Crippen LogP contribution is 2.45. The predicted octanol–water partition coefficient (Wildman–Crippen LogP) is 4.81. The van der Waals surface area contributed by atoms with Crippen LogP contribution in [0.5, 0.6) is 0 Å². The van der Waals surface area contributed by atoms with E-state index in [1.165, 1.54) is 0 Å². The second-order valence-electron chi connectivity index (χ2n) is 9.70. The van der Waals surface area contributed by atoms with Gasteiger partial charge in [0.05, 0.1) is 18.2 Å². The molecule has 0 radical (unpaired) electrons. The Morgan fingerprint density at radius 2 is 1.57 bits per heavy atom. The van der Waals surface area contributed by atoms with Gasteiger partial charge in [-0.3, -0.25) is 9.59 Å². The monoisotopic (exact) mass is 474 g/mol. The largest absolute Gasteiger partial charge is 0.481 e. The molecule has 7 heteroatoms. The molecule has 35 heavy (non-hydrogen) atoms. The number of amides is 1. The molecule has 1 amide bonds. The van der Waals surface area contributed by atoms with E-state index in [0.717, 1.165) is 53.0 Å². The molecule has 1 N–H and O–H groups in total. The normalized spacial score (nSPS) is 20.4. The predicted molar refractivity (Wildman–Crippen MR) is 141 cm³/mol. The SMILES string of the molecule is CN(C)c1ccc(/C=C2\CCC[C@@H]3C2=NN(C(=O)CCC(=O)O)[C@H]3c2ccc(N(C)C)cc2)cc1. The highest BCUT2D eigenvalue weighted by Gasteiger charge is 2.43. The van der Waals surface area contributed by atoms with Crippen molar-refractivity contribution in [1.29, 1.82) is 0 Å². The number of carbonyl (C=O) groups is 2. The van der Waals surface area contributed by atoms with Crippen LogP contribution in [0.3, 0.4) is 0 Å². The van der Waals surface area contributed by atoms with Crippen molar-refractivity contribution in [3.05, 3.63) is 65.2 Å². The van der Waals surface area contributed by atoms with Gasteiger partial charge in [-0.2, -0.15) is 5.10 Å². The summed E-state index contributed by atoms with van der Waals surface area (Å²) in [4.78, 5) is 28.4. The molecule has 1 fully saturated rings. The van der Waals surface area contributed by atoms with E-state index >= 15 is 0 Å². The number of hydrazone groups is 1. The summed E-state index contributed by atoms with van der Waals surface area (Å²) in [6.45, 7) is 0. The minimum absolute atomic E-state index is 0.0594. The zero-order chi connectivity index (χ0) is 25.1. The van der Waals surface area contributed by atoms with E-state index in [1.807, 2.05) is 33.1 Å². The second kappa shape index (κ2) is 10.3. The number of anilines is 2. The van der Waals surface area contributed by atoms with Gasteiger partial charge in [0.25, 0.3) is 0 Å². The van der Waals surface area contributed by atoms with Crippen LogP contribution < -0.4 is 9.80 Å². The number of nitrogens with zero attached hydrogens (tertiary/aromatic N) is 4. The second-order valence-corrected chi connectivity index (χ2v) is 9.70. The van der Waals surface area contributed by atoms with Crippen molar-refractivity contribution in [2.24, 2.45) is 11.0 Å². The van der Waals surface area contributed by atoms with E-state index in [9.17, 15) is 9.59 Å². The fraction of sp³-hybridized carbons (Fsp3) is 0.393. The highest BCUT2D eigenvalue weighted by molar-refractivity contribution is 6.08. The van der Waals surface area contributed by atoms with Gasteiger partial charge in [0.2, 0.25) is 5.91 Å². The van der Waals surface area contributed by atoms with E-state index in [1.54, 1.807) is 5.01 Å². The van der Waals surface area contributed by atoms with Crippen molar-refractivity contribution in [1.82, 2.24) is 5.01 Å². The minimum atomic E-state index is -0.976. The average Bonchev–Trinajstić information content (AvgIpc) is 3.23. The topological polar surface area (TPSA) is 76.4 Å².